The largest absolute Gasteiger partial charge is 0.377 e. The maximum absolute atomic E-state index is 3.64. The van der Waals surface area contributed by atoms with Crippen LogP contribution in [-0.2, 0) is 0 Å². The number of nitrogens with one attached hydrogen (secondary N) is 1. The molecule has 2 nitrogen and oxygen atoms in total. The zero-order chi connectivity index (χ0) is 11.5. The highest BCUT2D eigenvalue weighted by molar-refractivity contribution is 9.10. The first kappa shape index (κ1) is 11.9. The molecule has 16 heavy (non-hydrogen) atoms. The van der Waals surface area contributed by atoms with Crippen LogP contribution < -0.4 is 10.2 Å². The van der Waals surface area contributed by atoms with Crippen LogP contribution in [0.4, 0.5) is 5.69 Å². The van der Waals surface area contributed by atoms with E-state index in [1.165, 1.54) is 35.0 Å². The first-order valence-corrected chi connectivity index (χ1v) is 6.68. The van der Waals surface area contributed by atoms with Crippen molar-refractivity contribution in [2.75, 3.05) is 25.5 Å². The van der Waals surface area contributed by atoms with Gasteiger partial charge in [0.05, 0.1) is 5.69 Å². The fourth-order valence-electron chi connectivity index (χ4n) is 2.24. The molecule has 0 aliphatic carbocycles. The highest BCUT2D eigenvalue weighted by Crippen LogP contribution is 2.30. The van der Waals surface area contributed by atoms with E-state index in [-0.39, 0.29) is 0 Å². The van der Waals surface area contributed by atoms with Gasteiger partial charge in [-0.25, -0.2) is 0 Å². The first-order valence-electron chi connectivity index (χ1n) is 5.88. The maximum Gasteiger partial charge on any atom is 0.0505 e. The molecule has 1 heterocycles. The summed E-state index contributed by atoms with van der Waals surface area (Å²) in [6.07, 6.45) is 3.91. The van der Waals surface area contributed by atoms with Crippen molar-refractivity contribution >= 4 is 21.6 Å². The third kappa shape index (κ3) is 2.58. The molecule has 1 unspecified atom stereocenters. The summed E-state index contributed by atoms with van der Waals surface area (Å²) in [4.78, 5) is 2.13. The van der Waals surface area contributed by atoms with E-state index in [2.05, 4.69) is 58.4 Å². The Morgan fingerprint density at radius 3 is 2.69 bits per heavy atom. The lowest BCUT2D eigenvalue weighted by Gasteiger charge is -2.25. The van der Waals surface area contributed by atoms with Crippen LogP contribution in [0.15, 0.2) is 22.7 Å². The standard InChI is InChI=1S/C13H19BrN2/c1-16(2)13-7-6-10(9-11(13)14)12-5-3-4-8-15-12/h6-7,9,12,15H,3-5,8H2,1-2H3. The third-order valence-electron chi connectivity index (χ3n) is 3.17. The molecule has 1 aromatic rings. The normalized spacial score (nSPS) is 20.8. The van der Waals surface area contributed by atoms with Gasteiger partial charge in [0.2, 0.25) is 0 Å². The summed E-state index contributed by atoms with van der Waals surface area (Å²) >= 11 is 3.64. The average molecular weight is 283 g/mol. The lowest BCUT2D eigenvalue weighted by molar-refractivity contribution is 0.412. The van der Waals surface area contributed by atoms with E-state index in [4.69, 9.17) is 0 Å². The van der Waals surface area contributed by atoms with Crippen LogP contribution in [0.1, 0.15) is 30.9 Å². The van der Waals surface area contributed by atoms with Crippen molar-refractivity contribution in [3.63, 3.8) is 0 Å². The van der Waals surface area contributed by atoms with Gasteiger partial charge in [-0.3, -0.25) is 0 Å². The summed E-state index contributed by atoms with van der Waals surface area (Å²) in [5.41, 5.74) is 2.64. The van der Waals surface area contributed by atoms with E-state index in [1.807, 2.05) is 0 Å². The van der Waals surface area contributed by atoms with E-state index in [0.717, 1.165) is 6.54 Å². The van der Waals surface area contributed by atoms with Gasteiger partial charge >= 0.3 is 0 Å². The molecule has 2 rings (SSSR count). The van der Waals surface area contributed by atoms with Crippen LogP contribution in [0.25, 0.3) is 0 Å². The fraction of sp³-hybridized carbons (Fsp3) is 0.538. The quantitative estimate of drug-likeness (QED) is 0.895. The number of hydrogen-bond acceptors (Lipinski definition) is 2. The second-order valence-electron chi connectivity index (χ2n) is 4.61. The number of benzene rings is 1. The zero-order valence-corrected chi connectivity index (χ0v) is 11.5. The summed E-state index contributed by atoms with van der Waals surface area (Å²) in [6, 6.07) is 7.22. The maximum atomic E-state index is 3.64. The number of anilines is 1. The second kappa shape index (κ2) is 5.19. The molecular formula is C13H19BrN2. The molecule has 1 aliphatic heterocycles. The summed E-state index contributed by atoms with van der Waals surface area (Å²) in [5, 5.41) is 3.58. The van der Waals surface area contributed by atoms with Crippen molar-refractivity contribution in [2.45, 2.75) is 25.3 Å². The van der Waals surface area contributed by atoms with Gasteiger partial charge in [-0.2, -0.15) is 0 Å². The molecule has 1 N–H and O–H groups in total. The SMILES string of the molecule is CN(C)c1ccc(C2CCCCN2)cc1Br. The molecular weight excluding hydrogens is 264 g/mol. The van der Waals surface area contributed by atoms with Gasteiger partial charge in [-0.15, -0.1) is 0 Å². The molecule has 1 fully saturated rings. The second-order valence-corrected chi connectivity index (χ2v) is 5.46. The summed E-state index contributed by atoms with van der Waals surface area (Å²) in [6.45, 7) is 1.15. The lowest BCUT2D eigenvalue weighted by atomic mass is 9.97. The van der Waals surface area contributed by atoms with Crippen molar-refractivity contribution < 1.29 is 0 Å². The highest BCUT2D eigenvalue weighted by atomic mass is 79.9. The molecule has 0 spiro atoms. The van der Waals surface area contributed by atoms with Crippen molar-refractivity contribution in [3.8, 4) is 0 Å². The van der Waals surface area contributed by atoms with E-state index < -0.39 is 0 Å². The summed E-state index contributed by atoms with van der Waals surface area (Å²) < 4.78 is 1.18. The van der Waals surface area contributed by atoms with Crippen LogP contribution in [0, 0.1) is 0 Å². The Morgan fingerprint density at radius 2 is 2.12 bits per heavy atom. The molecule has 0 radical (unpaired) electrons. The monoisotopic (exact) mass is 282 g/mol. The van der Waals surface area contributed by atoms with Gasteiger partial charge in [0.15, 0.2) is 0 Å². The van der Waals surface area contributed by atoms with Crippen LogP contribution >= 0.6 is 15.9 Å². The Balaban J connectivity index is 2.19. The average Bonchev–Trinajstić information content (AvgIpc) is 2.29. The minimum Gasteiger partial charge on any atom is -0.377 e. The summed E-state index contributed by atoms with van der Waals surface area (Å²) in [7, 11) is 4.14. The molecule has 1 aliphatic rings. The van der Waals surface area contributed by atoms with E-state index in [0.29, 0.717) is 6.04 Å². The lowest BCUT2D eigenvalue weighted by Crippen LogP contribution is -2.26. The van der Waals surface area contributed by atoms with E-state index in [9.17, 15) is 0 Å². The molecule has 0 aromatic heterocycles. The molecule has 0 amide bonds. The molecule has 3 heteroatoms. The fourth-order valence-corrected chi connectivity index (χ4v) is 2.99. The predicted molar refractivity (Wildman–Crippen MR) is 73.1 cm³/mol. The Labute approximate surface area is 106 Å². The topological polar surface area (TPSA) is 15.3 Å². The Bertz CT molecular complexity index is 357. The third-order valence-corrected chi connectivity index (χ3v) is 3.80. The van der Waals surface area contributed by atoms with Gasteiger partial charge in [-0.1, -0.05) is 12.5 Å². The van der Waals surface area contributed by atoms with Gasteiger partial charge in [-0.05, 0) is 53.0 Å². The Morgan fingerprint density at radius 1 is 1.31 bits per heavy atom. The highest BCUT2D eigenvalue weighted by Gasteiger charge is 2.15. The summed E-state index contributed by atoms with van der Waals surface area (Å²) in [5.74, 6) is 0. The predicted octanol–water partition coefficient (Wildman–Crippen LogP) is 3.33. The van der Waals surface area contributed by atoms with Crippen molar-refractivity contribution in [3.05, 3.63) is 28.2 Å². The van der Waals surface area contributed by atoms with Gasteiger partial charge in [0.1, 0.15) is 0 Å². The van der Waals surface area contributed by atoms with E-state index in [1.54, 1.807) is 0 Å². The number of hydrogen-bond donors (Lipinski definition) is 1. The van der Waals surface area contributed by atoms with Gasteiger partial charge in [0, 0.05) is 24.6 Å². The van der Waals surface area contributed by atoms with Crippen molar-refractivity contribution in [1.82, 2.24) is 5.32 Å². The minimum atomic E-state index is 0.543. The van der Waals surface area contributed by atoms with Crippen LogP contribution in [0.3, 0.4) is 0 Å². The first-order chi connectivity index (χ1) is 7.68. The van der Waals surface area contributed by atoms with Crippen LogP contribution in [0.2, 0.25) is 0 Å². The van der Waals surface area contributed by atoms with Crippen molar-refractivity contribution in [2.24, 2.45) is 0 Å². The van der Waals surface area contributed by atoms with E-state index >= 15 is 0 Å². The molecule has 1 saturated heterocycles. The number of halogens is 1. The van der Waals surface area contributed by atoms with Gasteiger partial charge < -0.3 is 10.2 Å². The smallest absolute Gasteiger partial charge is 0.0505 e. The zero-order valence-electron chi connectivity index (χ0n) is 9.96. The van der Waals surface area contributed by atoms with Crippen LogP contribution in [-0.4, -0.2) is 20.6 Å². The minimum absolute atomic E-state index is 0.543. The molecule has 0 bridgehead atoms. The molecule has 1 atom stereocenters. The molecule has 88 valence electrons. The van der Waals surface area contributed by atoms with Crippen LogP contribution in [0.5, 0.6) is 0 Å². The molecule has 0 saturated carbocycles. The van der Waals surface area contributed by atoms with Crippen molar-refractivity contribution in [1.29, 1.82) is 0 Å². The van der Waals surface area contributed by atoms with Gasteiger partial charge in [0.25, 0.3) is 0 Å². The Hall–Kier alpha value is -0.540. The molecule has 1 aromatic carbocycles. The number of rotatable bonds is 2. The Kier molecular flexibility index (Phi) is 3.87. The number of piperidine rings is 1. The number of nitrogens with zero attached hydrogens (tertiary/aromatic N) is 1.